The quantitative estimate of drug-likeness (QED) is 0.849. The van der Waals surface area contributed by atoms with Gasteiger partial charge in [-0.3, -0.25) is 9.59 Å². The molecule has 5 nitrogen and oxygen atoms in total. The molecule has 2 amide bonds. The minimum Gasteiger partial charge on any atom is -0.467 e. The maximum absolute atomic E-state index is 12.6. The first kappa shape index (κ1) is 16.3. The van der Waals surface area contributed by atoms with Gasteiger partial charge in [0.2, 0.25) is 11.8 Å². The van der Waals surface area contributed by atoms with E-state index in [1.807, 2.05) is 30.3 Å². The fraction of sp³-hybridized carbons (Fsp3) is 0.368. The van der Waals surface area contributed by atoms with E-state index in [0.29, 0.717) is 13.1 Å². The molecule has 3 rings (SSSR count). The summed E-state index contributed by atoms with van der Waals surface area (Å²) in [6.07, 6.45) is 2.82. The highest BCUT2D eigenvalue weighted by atomic mass is 16.3. The van der Waals surface area contributed by atoms with Gasteiger partial charge >= 0.3 is 0 Å². The molecule has 1 aromatic heterocycles. The summed E-state index contributed by atoms with van der Waals surface area (Å²) in [5.74, 6) is 0.418. The summed E-state index contributed by atoms with van der Waals surface area (Å²) in [6, 6.07) is 11.6. The molecule has 0 unspecified atom stereocenters. The molecule has 0 saturated carbocycles. The number of hydrogen-bond donors (Lipinski definition) is 0. The van der Waals surface area contributed by atoms with Crippen LogP contribution in [-0.4, -0.2) is 30.3 Å². The fourth-order valence-corrected chi connectivity index (χ4v) is 3.06. The Bertz CT molecular complexity index is 707. The van der Waals surface area contributed by atoms with Crippen molar-refractivity contribution in [1.29, 1.82) is 0 Å². The number of rotatable bonds is 5. The van der Waals surface area contributed by atoms with Crippen molar-refractivity contribution in [3.05, 3.63) is 54.0 Å². The maximum atomic E-state index is 12.6. The Balaban J connectivity index is 1.65. The number of amides is 2. The van der Waals surface area contributed by atoms with Gasteiger partial charge in [-0.15, -0.1) is 0 Å². The van der Waals surface area contributed by atoms with Gasteiger partial charge < -0.3 is 14.2 Å². The summed E-state index contributed by atoms with van der Waals surface area (Å²) < 4.78 is 5.28. The van der Waals surface area contributed by atoms with Gasteiger partial charge in [0.1, 0.15) is 5.76 Å². The van der Waals surface area contributed by atoms with Crippen molar-refractivity contribution in [3.8, 4) is 0 Å². The van der Waals surface area contributed by atoms with Crippen LogP contribution in [0.2, 0.25) is 0 Å². The lowest BCUT2D eigenvalue weighted by atomic mass is 10.1. The highest BCUT2D eigenvalue weighted by molar-refractivity contribution is 6.00. The van der Waals surface area contributed by atoms with Crippen molar-refractivity contribution in [2.24, 2.45) is 5.92 Å². The molecule has 0 bridgehead atoms. The van der Waals surface area contributed by atoms with Crippen LogP contribution < -0.4 is 4.90 Å². The Morgan fingerprint density at radius 1 is 1.29 bits per heavy atom. The van der Waals surface area contributed by atoms with Crippen LogP contribution in [-0.2, 0) is 22.6 Å². The summed E-state index contributed by atoms with van der Waals surface area (Å²) in [6.45, 7) is 2.95. The van der Waals surface area contributed by atoms with Crippen molar-refractivity contribution in [2.75, 3.05) is 18.5 Å². The molecular formula is C19H22N2O3. The molecule has 1 aliphatic rings. The first-order valence-electron chi connectivity index (χ1n) is 8.25. The lowest BCUT2D eigenvalue weighted by Crippen LogP contribution is -2.34. The number of nitrogens with zero attached hydrogens (tertiary/aromatic N) is 2. The molecule has 1 fully saturated rings. The highest BCUT2D eigenvalue weighted by Crippen LogP contribution is 2.27. The molecule has 0 N–H and O–H groups in total. The first-order chi connectivity index (χ1) is 11.6. The Morgan fingerprint density at radius 3 is 2.67 bits per heavy atom. The molecular weight excluding hydrogens is 304 g/mol. The number of aryl methyl sites for hydroxylation is 1. The van der Waals surface area contributed by atoms with E-state index in [-0.39, 0.29) is 24.2 Å². The smallest absolute Gasteiger partial charge is 0.228 e. The van der Waals surface area contributed by atoms with Crippen LogP contribution in [0.3, 0.4) is 0 Å². The van der Waals surface area contributed by atoms with Crippen molar-refractivity contribution < 1.29 is 14.0 Å². The van der Waals surface area contributed by atoms with Crippen LogP contribution >= 0.6 is 0 Å². The molecule has 0 radical (unpaired) electrons. The van der Waals surface area contributed by atoms with Gasteiger partial charge in [0.15, 0.2) is 0 Å². The first-order valence-corrected chi connectivity index (χ1v) is 8.25. The lowest BCUT2D eigenvalue weighted by molar-refractivity contribution is -0.135. The van der Waals surface area contributed by atoms with Crippen LogP contribution in [0, 0.1) is 5.92 Å². The van der Waals surface area contributed by atoms with Crippen LogP contribution in [0.5, 0.6) is 0 Å². The SMILES string of the molecule is CCc1ccc(N2C[C@@H](C(=O)N(C)Cc3ccco3)CC2=O)cc1. The van der Waals surface area contributed by atoms with Crippen molar-refractivity contribution in [3.63, 3.8) is 0 Å². The van der Waals surface area contributed by atoms with Gasteiger partial charge in [-0.2, -0.15) is 0 Å². The van der Waals surface area contributed by atoms with E-state index < -0.39 is 0 Å². The van der Waals surface area contributed by atoms with Gasteiger partial charge in [-0.1, -0.05) is 19.1 Å². The zero-order valence-electron chi connectivity index (χ0n) is 14.1. The lowest BCUT2D eigenvalue weighted by Gasteiger charge is -2.21. The van der Waals surface area contributed by atoms with Crippen molar-refractivity contribution >= 4 is 17.5 Å². The summed E-state index contributed by atoms with van der Waals surface area (Å²) in [4.78, 5) is 28.3. The standard InChI is InChI=1S/C19H22N2O3/c1-3-14-6-8-16(9-7-14)21-12-15(11-18(21)22)19(23)20(2)13-17-5-4-10-24-17/h4-10,15H,3,11-13H2,1-2H3/t15-/m0/s1. The molecule has 2 heterocycles. The Labute approximate surface area is 141 Å². The Kier molecular flexibility index (Phi) is 4.69. The van der Waals surface area contributed by atoms with Gasteiger partial charge in [0.25, 0.3) is 0 Å². The highest BCUT2D eigenvalue weighted by Gasteiger charge is 2.36. The third-order valence-corrected chi connectivity index (χ3v) is 4.48. The largest absolute Gasteiger partial charge is 0.467 e. The number of carbonyl (C=O) groups excluding carboxylic acids is 2. The van der Waals surface area contributed by atoms with E-state index in [1.165, 1.54) is 5.56 Å². The average Bonchev–Trinajstić information content (AvgIpc) is 3.24. The Hall–Kier alpha value is -2.56. The minimum atomic E-state index is -0.302. The predicted octanol–water partition coefficient (Wildman–Crippen LogP) is 2.85. The predicted molar refractivity (Wildman–Crippen MR) is 91.5 cm³/mol. The average molecular weight is 326 g/mol. The summed E-state index contributed by atoms with van der Waals surface area (Å²) >= 11 is 0. The van der Waals surface area contributed by atoms with Gasteiger partial charge in [0, 0.05) is 25.7 Å². The molecule has 1 aliphatic heterocycles. The second kappa shape index (κ2) is 6.91. The number of anilines is 1. The number of furan rings is 1. The molecule has 2 aromatic rings. The van der Waals surface area contributed by atoms with E-state index >= 15 is 0 Å². The second-order valence-electron chi connectivity index (χ2n) is 6.20. The molecule has 1 saturated heterocycles. The molecule has 0 aliphatic carbocycles. The third kappa shape index (κ3) is 3.35. The van der Waals surface area contributed by atoms with Gasteiger partial charge in [-0.05, 0) is 36.2 Å². The molecule has 24 heavy (non-hydrogen) atoms. The molecule has 1 atom stereocenters. The molecule has 5 heteroatoms. The Morgan fingerprint density at radius 2 is 2.04 bits per heavy atom. The van der Waals surface area contributed by atoms with E-state index in [1.54, 1.807) is 29.2 Å². The topological polar surface area (TPSA) is 53.8 Å². The monoisotopic (exact) mass is 326 g/mol. The minimum absolute atomic E-state index is 0.00370. The van der Waals surface area contributed by atoms with Crippen LogP contribution in [0.1, 0.15) is 24.7 Å². The van der Waals surface area contributed by atoms with Crippen LogP contribution in [0.4, 0.5) is 5.69 Å². The normalized spacial score (nSPS) is 17.3. The van der Waals surface area contributed by atoms with Crippen LogP contribution in [0.25, 0.3) is 0 Å². The van der Waals surface area contributed by atoms with E-state index in [2.05, 4.69) is 6.92 Å². The number of carbonyl (C=O) groups is 2. The fourth-order valence-electron chi connectivity index (χ4n) is 3.06. The summed E-state index contributed by atoms with van der Waals surface area (Å²) in [5.41, 5.74) is 2.09. The van der Waals surface area contributed by atoms with Crippen molar-refractivity contribution in [1.82, 2.24) is 4.90 Å². The van der Waals surface area contributed by atoms with E-state index in [0.717, 1.165) is 17.9 Å². The summed E-state index contributed by atoms with van der Waals surface area (Å²) in [5, 5.41) is 0. The maximum Gasteiger partial charge on any atom is 0.228 e. The zero-order valence-corrected chi connectivity index (χ0v) is 14.1. The van der Waals surface area contributed by atoms with Gasteiger partial charge in [-0.25, -0.2) is 0 Å². The summed E-state index contributed by atoms with van der Waals surface area (Å²) in [7, 11) is 1.74. The molecule has 0 spiro atoms. The second-order valence-corrected chi connectivity index (χ2v) is 6.20. The number of benzene rings is 1. The third-order valence-electron chi connectivity index (χ3n) is 4.48. The van der Waals surface area contributed by atoms with Crippen LogP contribution in [0.15, 0.2) is 47.1 Å². The van der Waals surface area contributed by atoms with E-state index in [9.17, 15) is 9.59 Å². The number of hydrogen-bond acceptors (Lipinski definition) is 3. The van der Waals surface area contributed by atoms with E-state index in [4.69, 9.17) is 4.42 Å². The molecule has 1 aromatic carbocycles. The van der Waals surface area contributed by atoms with Gasteiger partial charge in [0.05, 0.1) is 18.7 Å². The van der Waals surface area contributed by atoms with Crippen molar-refractivity contribution in [2.45, 2.75) is 26.3 Å². The zero-order chi connectivity index (χ0) is 17.1. The molecule has 126 valence electrons.